The fraction of sp³-hybridized carbons (Fsp3) is 0.200. The van der Waals surface area contributed by atoms with E-state index >= 15 is 0 Å². The summed E-state index contributed by atoms with van der Waals surface area (Å²) in [5.41, 5.74) is 10.7. The van der Waals surface area contributed by atoms with Gasteiger partial charge >= 0.3 is 0 Å². The lowest BCUT2D eigenvalue weighted by Crippen LogP contribution is -2.19. The third kappa shape index (κ3) is 2.23. The molecular formula is C15H15BrN2. The largest absolute Gasteiger partial charge is 0.399 e. The van der Waals surface area contributed by atoms with Crippen LogP contribution in [0, 0.1) is 0 Å². The zero-order chi connectivity index (χ0) is 12.5. The molecule has 1 aliphatic heterocycles. The van der Waals surface area contributed by atoms with Gasteiger partial charge in [0.1, 0.15) is 0 Å². The molecule has 2 N–H and O–H groups in total. The number of anilines is 2. The molecular weight excluding hydrogens is 288 g/mol. The smallest absolute Gasteiger partial charge is 0.0430 e. The van der Waals surface area contributed by atoms with Crippen LogP contribution in [0.15, 0.2) is 46.9 Å². The van der Waals surface area contributed by atoms with Gasteiger partial charge in [-0.3, -0.25) is 0 Å². The predicted molar refractivity (Wildman–Crippen MR) is 79.8 cm³/mol. The maximum atomic E-state index is 5.82. The van der Waals surface area contributed by atoms with Gasteiger partial charge in [-0.05, 0) is 47.9 Å². The second-order valence-corrected chi connectivity index (χ2v) is 5.61. The predicted octanol–water partition coefficient (Wildman–Crippen LogP) is 3.59. The Morgan fingerprint density at radius 1 is 1.17 bits per heavy atom. The number of rotatable bonds is 2. The molecule has 0 saturated heterocycles. The van der Waals surface area contributed by atoms with Crippen LogP contribution in [0.2, 0.25) is 0 Å². The normalized spacial score (nSPS) is 13.7. The van der Waals surface area contributed by atoms with E-state index in [1.54, 1.807) is 0 Å². The minimum absolute atomic E-state index is 0.836. The zero-order valence-electron chi connectivity index (χ0n) is 10.1. The maximum absolute atomic E-state index is 5.82. The van der Waals surface area contributed by atoms with Crippen LogP contribution in [0.5, 0.6) is 0 Å². The van der Waals surface area contributed by atoms with Gasteiger partial charge < -0.3 is 10.6 Å². The molecule has 0 radical (unpaired) electrons. The number of benzene rings is 2. The number of halogens is 1. The fourth-order valence-corrected chi connectivity index (χ4v) is 2.92. The van der Waals surface area contributed by atoms with Crippen LogP contribution in [0.25, 0.3) is 0 Å². The summed E-state index contributed by atoms with van der Waals surface area (Å²) in [4.78, 5) is 2.41. The summed E-state index contributed by atoms with van der Waals surface area (Å²) >= 11 is 3.53. The molecule has 18 heavy (non-hydrogen) atoms. The number of hydrogen-bond donors (Lipinski definition) is 1. The third-order valence-corrected chi connectivity index (χ3v) is 3.85. The minimum atomic E-state index is 0.836. The summed E-state index contributed by atoms with van der Waals surface area (Å²) in [6, 6.07) is 14.6. The van der Waals surface area contributed by atoms with E-state index in [-0.39, 0.29) is 0 Å². The van der Waals surface area contributed by atoms with Crippen LogP contribution in [-0.2, 0) is 13.0 Å². The second kappa shape index (κ2) is 4.65. The quantitative estimate of drug-likeness (QED) is 0.859. The van der Waals surface area contributed by atoms with Gasteiger partial charge in [-0.25, -0.2) is 0 Å². The molecule has 0 aliphatic carbocycles. The van der Waals surface area contributed by atoms with Crippen LogP contribution in [0.3, 0.4) is 0 Å². The molecule has 2 aromatic carbocycles. The SMILES string of the molecule is Nc1cccc(CN2CCc3cc(Br)ccc32)c1. The number of nitrogen functional groups attached to an aromatic ring is 1. The Labute approximate surface area is 116 Å². The lowest BCUT2D eigenvalue weighted by atomic mass is 10.1. The summed E-state index contributed by atoms with van der Waals surface area (Å²) in [6.45, 7) is 2.01. The van der Waals surface area contributed by atoms with Gasteiger partial charge in [-0.15, -0.1) is 0 Å². The monoisotopic (exact) mass is 302 g/mol. The van der Waals surface area contributed by atoms with E-state index in [4.69, 9.17) is 5.73 Å². The minimum Gasteiger partial charge on any atom is -0.399 e. The van der Waals surface area contributed by atoms with E-state index in [1.807, 2.05) is 12.1 Å². The van der Waals surface area contributed by atoms with Crippen molar-refractivity contribution in [2.75, 3.05) is 17.2 Å². The van der Waals surface area contributed by atoms with E-state index in [9.17, 15) is 0 Å². The van der Waals surface area contributed by atoms with E-state index < -0.39 is 0 Å². The van der Waals surface area contributed by atoms with Crippen molar-refractivity contribution in [1.82, 2.24) is 0 Å². The van der Waals surface area contributed by atoms with Gasteiger partial charge in [0, 0.05) is 28.9 Å². The standard InChI is InChI=1S/C15H15BrN2/c16-13-4-5-15-12(9-13)6-7-18(15)10-11-2-1-3-14(17)8-11/h1-5,8-9H,6-7,10,17H2. The molecule has 0 fully saturated rings. The highest BCUT2D eigenvalue weighted by Crippen LogP contribution is 2.31. The molecule has 1 heterocycles. The van der Waals surface area contributed by atoms with Gasteiger partial charge in [-0.1, -0.05) is 28.1 Å². The average molecular weight is 303 g/mol. The van der Waals surface area contributed by atoms with E-state index in [0.717, 1.165) is 29.7 Å². The van der Waals surface area contributed by atoms with Crippen molar-refractivity contribution in [2.45, 2.75) is 13.0 Å². The first-order valence-corrected chi connectivity index (χ1v) is 6.89. The molecule has 2 aromatic rings. The van der Waals surface area contributed by atoms with Crippen LogP contribution in [0.4, 0.5) is 11.4 Å². The third-order valence-electron chi connectivity index (χ3n) is 3.36. The summed E-state index contributed by atoms with van der Waals surface area (Å²) < 4.78 is 1.16. The zero-order valence-corrected chi connectivity index (χ0v) is 11.7. The Morgan fingerprint density at radius 3 is 2.89 bits per heavy atom. The Hall–Kier alpha value is -1.48. The Kier molecular flexibility index (Phi) is 3.00. The van der Waals surface area contributed by atoms with Gasteiger partial charge in [0.15, 0.2) is 0 Å². The molecule has 3 rings (SSSR count). The molecule has 0 bridgehead atoms. The lowest BCUT2D eigenvalue weighted by molar-refractivity contribution is 0.836. The van der Waals surface area contributed by atoms with Crippen molar-refractivity contribution in [3.05, 3.63) is 58.1 Å². The molecule has 1 aliphatic rings. The Morgan fingerprint density at radius 2 is 2.06 bits per heavy atom. The van der Waals surface area contributed by atoms with E-state index in [2.05, 4.69) is 51.2 Å². The molecule has 0 spiro atoms. The van der Waals surface area contributed by atoms with Gasteiger partial charge in [-0.2, -0.15) is 0 Å². The van der Waals surface area contributed by atoms with Crippen LogP contribution in [-0.4, -0.2) is 6.54 Å². The molecule has 0 unspecified atom stereocenters. The highest BCUT2D eigenvalue weighted by atomic mass is 79.9. The summed E-state index contributed by atoms with van der Waals surface area (Å²) in [5, 5.41) is 0. The average Bonchev–Trinajstić information content (AvgIpc) is 2.72. The first-order valence-electron chi connectivity index (χ1n) is 6.10. The molecule has 0 amide bonds. The topological polar surface area (TPSA) is 29.3 Å². The highest BCUT2D eigenvalue weighted by molar-refractivity contribution is 9.10. The molecule has 2 nitrogen and oxygen atoms in total. The van der Waals surface area contributed by atoms with E-state index in [0.29, 0.717) is 0 Å². The lowest BCUT2D eigenvalue weighted by Gasteiger charge is -2.19. The second-order valence-electron chi connectivity index (χ2n) is 4.69. The Bertz CT molecular complexity index is 580. The number of hydrogen-bond acceptors (Lipinski definition) is 2. The molecule has 0 saturated carbocycles. The van der Waals surface area contributed by atoms with Crippen LogP contribution < -0.4 is 10.6 Å². The molecule has 0 aromatic heterocycles. The summed E-state index contributed by atoms with van der Waals surface area (Å²) in [6.07, 6.45) is 1.12. The highest BCUT2D eigenvalue weighted by Gasteiger charge is 2.18. The Balaban J connectivity index is 1.85. The molecule has 92 valence electrons. The fourth-order valence-electron chi connectivity index (χ4n) is 2.51. The van der Waals surface area contributed by atoms with Crippen molar-refractivity contribution in [3.63, 3.8) is 0 Å². The summed E-state index contributed by atoms with van der Waals surface area (Å²) in [5.74, 6) is 0. The maximum Gasteiger partial charge on any atom is 0.0430 e. The molecule has 0 atom stereocenters. The van der Waals surface area contributed by atoms with Crippen LogP contribution in [0.1, 0.15) is 11.1 Å². The first-order chi connectivity index (χ1) is 8.72. The van der Waals surface area contributed by atoms with Crippen molar-refractivity contribution in [2.24, 2.45) is 0 Å². The van der Waals surface area contributed by atoms with Crippen molar-refractivity contribution in [1.29, 1.82) is 0 Å². The number of nitrogens with zero attached hydrogens (tertiary/aromatic N) is 1. The van der Waals surface area contributed by atoms with Gasteiger partial charge in [0.2, 0.25) is 0 Å². The number of nitrogens with two attached hydrogens (primary N) is 1. The molecule has 3 heteroatoms. The van der Waals surface area contributed by atoms with Gasteiger partial charge in [0.25, 0.3) is 0 Å². The first kappa shape index (κ1) is 11.6. The van der Waals surface area contributed by atoms with Crippen molar-refractivity contribution < 1.29 is 0 Å². The van der Waals surface area contributed by atoms with Crippen LogP contribution >= 0.6 is 15.9 Å². The van der Waals surface area contributed by atoms with E-state index in [1.165, 1.54) is 16.8 Å². The van der Waals surface area contributed by atoms with Crippen molar-refractivity contribution >= 4 is 27.3 Å². The van der Waals surface area contributed by atoms with Gasteiger partial charge in [0.05, 0.1) is 0 Å². The number of fused-ring (bicyclic) bond motifs is 1. The summed E-state index contributed by atoms with van der Waals surface area (Å²) in [7, 11) is 0. The van der Waals surface area contributed by atoms with Crippen molar-refractivity contribution in [3.8, 4) is 0 Å².